The molecule has 100 valence electrons. The van der Waals surface area contributed by atoms with E-state index >= 15 is 0 Å². The molecule has 2 rings (SSSR count). The van der Waals surface area contributed by atoms with Gasteiger partial charge in [-0.05, 0) is 40.8 Å². The Bertz CT molecular complexity index is 601. The van der Waals surface area contributed by atoms with Gasteiger partial charge in [-0.3, -0.25) is 9.48 Å². The van der Waals surface area contributed by atoms with Gasteiger partial charge in [-0.2, -0.15) is 0 Å². The van der Waals surface area contributed by atoms with Crippen LogP contribution in [0.1, 0.15) is 10.5 Å². The summed E-state index contributed by atoms with van der Waals surface area (Å²) < 4.78 is 2.38. The molecular weight excluding hydrogens is 381 g/mol. The fourth-order valence-electron chi connectivity index (χ4n) is 1.42. The van der Waals surface area contributed by atoms with E-state index in [9.17, 15) is 4.79 Å². The Morgan fingerprint density at radius 3 is 3.00 bits per heavy atom. The number of anilines is 1. The van der Waals surface area contributed by atoms with E-state index in [1.807, 2.05) is 0 Å². The van der Waals surface area contributed by atoms with E-state index in [2.05, 4.69) is 38.2 Å². The molecule has 6 nitrogen and oxygen atoms in total. The summed E-state index contributed by atoms with van der Waals surface area (Å²) in [6.07, 6.45) is 1.56. The van der Waals surface area contributed by atoms with E-state index < -0.39 is 0 Å². The SMILES string of the molecule is NCCn1cc(C(=O)Nc2ccc(Cl)cc2I)nn1. The van der Waals surface area contributed by atoms with Crippen molar-refractivity contribution in [2.75, 3.05) is 11.9 Å². The van der Waals surface area contributed by atoms with Crippen molar-refractivity contribution in [3.8, 4) is 0 Å². The molecule has 0 aliphatic carbocycles. The van der Waals surface area contributed by atoms with Crippen LogP contribution in [0.25, 0.3) is 0 Å². The van der Waals surface area contributed by atoms with Gasteiger partial charge in [0, 0.05) is 15.1 Å². The molecule has 0 saturated heterocycles. The molecule has 8 heteroatoms. The lowest BCUT2D eigenvalue weighted by Crippen LogP contribution is -2.13. The molecule has 0 aliphatic heterocycles. The maximum absolute atomic E-state index is 12.0. The second-order valence-electron chi connectivity index (χ2n) is 3.73. The predicted octanol–water partition coefficient (Wildman–Crippen LogP) is 1.75. The number of aromatic nitrogens is 3. The number of carbonyl (C=O) groups is 1. The zero-order chi connectivity index (χ0) is 13.8. The highest BCUT2D eigenvalue weighted by molar-refractivity contribution is 14.1. The van der Waals surface area contributed by atoms with Crippen LogP contribution < -0.4 is 11.1 Å². The van der Waals surface area contributed by atoms with E-state index in [0.29, 0.717) is 23.8 Å². The van der Waals surface area contributed by atoms with Gasteiger partial charge in [-0.25, -0.2) is 0 Å². The Hall–Kier alpha value is -1.19. The molecule has 1 aromatic carbocycles. The summed E-state index contributed by atoms with van der Waals surface area (Å²) in [6.45, 7) is 0.970. The van der Waals surface area contributed by atoms with Crippen molar-refractivity contribution in [3.05, 3.63) is 38.7 Å². The summed E-state index contributed by atoms with van der Waals surface area (Å²) in [5, 5.41) is 11.0. The first-order valence-corrected chi connectivity index (χ1v) is 6.92. The first-order chi connectivity index (χ1) is 9.10. The molecule has 0 bridgehead atoms. The Morgan fingerprint density at radius 1 is 1.53 bits per heavy atom. The normalized spacial score (nSPS) is 10.5. The smallest absolute Gasteiger partial charge is 0.277 e. The Balaban J connectivity index is 2.11. The molecule has 1 aromatic heterocycles. The maximum atomic E-state index is 12.0. The first-order valence-electron chi connectivity index (χ1n) is 5.47. The van der Waals surface area contributed by atoms with E-state index in [4.69, 9.17) is 17.3 Å². The summed E-state index contributed by atoms with van der Waals surface area (Å²) in [4.78, 5) is 12.0. The van der Waals surface area contributed by atoms with Gasteiger partial charge in [0.2, 0.25) is 0 Å². The fourth-order valence-corrected chi connectivity index (χ4v) is 2.43. The van der Waals surface area contributed by atoms with Crippen LogP contribution in [-0.2, 0) is 6.54 Å². The highest BCUT2D eigenvalue weighted by atomic mass is 127. The number of rotatable bonds is 4. The van der Waals surface area contributed by atoms with Crippen molar-refractivity contribution < 1.29 is 4.79 Å². The molecule has 0 unspecified atom stereocenters. The quantitative estimate of drug-likeness (QED) is 0.778. The van der Waals surface area contributed by atoms with E-state index in [1.165, 1.54) is 4.68 Å². The van der Waals surface area contributed by atoms with Crippen molar-refractivity contribution in [1.29, 1.82) is 0 Å². The maximum Gasteiger partial charge on any atom is 0.277 e. The summed E-state index contributed by atoms with van der Waals surface area (Å²) in [5.41, 5.74) is 6.33. The highest BCUT2D eigenvalue weighted by Gasteiger charge is 2.12. The Kier molecular flexibility index (Phi) is 4.72. The zero-order valence-electron chi connectivity index (χ0n) is 9.81. The van der Waals surface area contributed by atoms with Gasteiger partial charge >= 0.3 is 0 Å². The van der Waals surface area contributed by atoms with Gasteiger partial charge in [0.15, 0.2) is 5.69 Å². The van der Waals surface area contributed by atoms with Crippen LogP contribution in [0, 0.1) is 3.57 Å². The minimum atomic E-state index is -0.316. The largest absolute Gasteiger partial charge is 0.329 e. The van der Waals surface area contributed by atoms with Crippen molar-refractivity contribution in [1.82, 2.24) is 15.0 Å². The van der Waals surface area contributed by atoms with Gasteiger partial charge in [-0.1, -0.05) is 16.8 Å². The van der Waals surface area contributed by atoms with E-state index in [-0.39, 0.29) is 11.6 Å². The summed E-state index contributed by atoms with van der Waals surface area (Å²) in [5.74, 6) is -0.316. The number of carbonyl (C=O) groups excluding carboxylic acids is 1. The van der Waals surface area contributed by atoms with Gasteiger partial charge < -0.3 is 11.1 Å². The van der Waals surface area contributed by atoms with Gasteiger partial charge in [0.1, 0.15) is 0 Å². The number of nitrogens with two attached hydrogens (primary N) is 1. The lowest BCUT2D eigenvalue weighted by atomic mass is 10.3. The number of hydrogen-bond acceptors (Lipinski definition) is 4. The second kappa shape index (κ2) is 6.31. The number of amides is 1. The first kappa shape index (κ1) is 14.2. The Morgan fingerprint density at radius 2 is 2.32 bits per heavy atom. The van der Waals surface area contributed by atoms with Crippen LogP contribution in [0.15, 0.2) is 24.4 Å². The van der Waals surface area contributed by atoms with Crippen molar-refractivity contribution >= 4 is 45.8 Å². The number of nitrogens with zero attached hydrogens (tertiary/aromatic N) is 3. The predicted molar refractivity (Wildman–Crippen MR) is 81.2 cm³/mol. The second-order valence-corrected chi connectivity index (χ2v) is 5.33. The molecular formula is C11H11ClIN5O. The minimum Gasteiger partial charge on any atom is -0.329 e. The summed E-state index contributed by atoms with van der Waals surface area (Å²) in [7, 11) is 0. The number of hydrogen-bond donors (Lipinski definition) is 2. The van der Waals surface area contributed by atoms with E-state index in [0.717, 1.165) is 3.57 Å². The topological polar surface area (TPSA) is 85.8 Å². The van der Waals surface area contributed by atoms with Gasteiger partial charge in [0.05, 0.1) is 18.4 Å². The van der Waals surface area contributed by atoms with Crippen molar-refractivity contribution in [2.24, 2.45) is 5.73 Å². The molecule has 2 aromatic rings. The molecule has 0 atom stereocenters. The van der Waals surface area contributed by atoms with Crippen molar-refractivity contribution in [3.63, 3.8) is 0 Å². The number of halogens is 2. The lowest BCUT2D eigenvalue weighted by molar-refractivity contribution is 0.102. The standard InChI is InChI=1S/C11H11ClIN5O/c12-7-1-2-9(8(13)5-7)15-11(19)10-6-18(4-3-14)17-16-10/h1-2,5-6H,3-4,14H2,(H,15,19). The minimum absolute atomic E-state index is 0.249. The highest BCUT2D eigenvalue weighted by Crippen LogP contribution is 2.22. The third-order valence-electron chi connectivity index (χ3n) is 2.31. The molecule has 0 fully saturated rings. The molecule has 19 heavy (non-hydrogen) atoms. The molecule has 3 N–H and O–H groups in total. The average molecular weight is 392 g/mol. The molecule has 0 spiro atoms. The molecule has 0 aliphatic rings. The lowest BCUT2D eigenvalue weighted by Gasteiger charge is -2.05. The summed E-state index contributed by atoms with van der Waals surface area (Å²) in [6, 6.07) is 5.22. The van der Waals surface area contributed by atoms with Gasteiger partial charge in [-0.15, -0.1) is 5.10 Å². The molecule has 1 heterocycles. The fraction of sp³-hybridized carbons (Fsp3) is 0.182. The van der Waals surface area contributed by atoms with Gasteiger partial charge in [0.25, 0.3) is 5.91 Å². The van der Waals surface area contributed by atoms with Crippen LogP contribution >= 0.6 is 34.2 Å². The third kappa shape index (κ3) is 3.64. The van der Waals surface area contributed by atoms with Crippen LogP contribution in [0.4, 0.5) is 5.69 Å². The third-order valence-corrected chi connectivity index (χ3v) is 3.44. The zero-order valence-corrected chi connectivity index (χ0v) is 12.7. The average Bonchev–Trinajstić information content (AvgIpc) is 2.82. The molecule has 0 radical (unpaired) electrons. The number of nitrogens with one attached hydrogen (secondary N) is 1. The summed E-state index contributed by atoms with van der Waals surface area (Å²) >= 11 is 7.95. The van der Waals surface area contributed by atoms with Crippen LogP contribution in [0.3, 0.4) is 0 Å². The van der Waals surface area contributed by atoms with E-state index in [1.54, 1.807) is 24.4 Å². The van der Waals surface area contributed by atoms with Crippen molar-refractivity contribution in [2.45, 2.75) is 6.54 Å². The van der Waals surface area contributed by atoms with Crippen LogP contribution in [-0.4, -0.2) is 27.4 Å². The monoisotopic (exact) mass is 391 g/mol. The van der Waals surface area contributed by atoms with Crippen LogP contribution in [0.2, 0.25) is 5.02 Å². The Labute approximate surface area is 128 Å². The molecule has 0 saturated carbocycles. The number of benzene rings is 1. The van der Waals surface area contributed by atoms with Crippen LogP contribution in [0.5, 0.6) is 0 Å². The molecule has 1 amide bonds.